The fraction of sp³-hybridized carbons (Fsp3) is 0.259. The molecule has 0 spiro atoms. The van der Waals surface area contributed by atoms with Crippen LogP contribution >= 0.6 is 11.8 Å². The average molecular weight is 488 g/mol. The predicted octanol–water partition coefficient (Wildman–Crippen LogP) is 5.48. The smallest absolute Gasteiger partial charge is 0.230 e. The molecule has 0 saturated carbocycles. The van der Waals surface area contributed by atoms with Gasteiger partial charge in [0.1, 0.15) is 5.75 Å². The third-order valence-corrected chi connectivity index (χ3v) is 6.35. The van der Waals surface area contributed by atoms with Gasteiger partial charge in [-0.1, -0.05) is 55.4 Å². The Balaban J connectivity index is 1.55. The van der Waals surface area contributed by atoms with E-state index >= 15 is 0 Å². The zero-order valence-electron chi connectivity index (χ0n) is 19.9. The molecule has 1 atom stereocenters. The third kappa shape index (κ3) is 6.27. The first kappa shape index (κ1) is 24.5. The first-order chi connectivity index (χ1) is 17.2. The van der Waals surface area contributed by atoms with Crippen LogP contribution in [0.4, 0.5) is 0 Å². The van der Waals surface area contributed by atoms with Crippen molar-refractivity contribution >= 4 is 17.7 Å². The number of thioether (sulfide) groups is 1. The molecule has 0 aliphatic carbocycles. The Morgan fingerprint density at radius 3 is 2.43 bits per heavy atom. The maximum absolute atomic E-state index is 12.9. The summed E-state index contributed by atoms with van der Waals surface area (Å²) in [6.07, 6.45) is 5.32. The topological polar surface area (TPSA) is 81.9 Å². The van der Waals surface area contributed by atoms with Gasteiger partial charge in [0.05, 0.1) is 18.4 Å². The van der Waals surface area contributed by atoms with Crippen LogP contribution in [0.25, 0.3) is 17.1 Å². The number of nitrogens with one attached hydrogen (secondary N) is 1. The van der Waals surface area contributed by atoms with Crippen molar-refractivity contribution in [2.75, 3.05) is 12.4 Å². The van der Waals surface area contributed by atoms with E-state index in [-0.39, 0.29) is 17.7 Å². The van der Waals surface area contributed by atoms with Crippen LogP contribution < -0.4 is 10.1 Å². The fourth-order valence-electron chi connectivity index (χ4n) is 3.80. The lowest BCUT2D eigenvalue weighted by atomic mass is 10.0. The molecule has 0 fully saturated rings. The summed E-state index contributed by atoms with van der Waals surface area (Å²) in [6.45, 7) is 4.68. The molecule has 2 heterocycles. The van der Waals surface area contributed by atoms with Crippen molar-refractivity contribution in [3.8, 4) is 22.8 Å². The van der Waals surface area contributed by atoms with E-state index in [1.54, 1.807) is 12.4 Å². The summed E-state index contributed by atoms with van der Waals surface area (Å²) in [7, 11) is 0. The van der Waals surface area contributed by atoms with Gasteiger partial charge in [-0.2, -0.15) is 0 Å². The monoisotopic (exact) mass is 487 g/mol. The van der Waals surface area contributed by atoms with Crippen molar-refractivity contribution in [1.82, 2.24) is 25.1 Å². The fourth-order valence-corrected chi connectivity index (χ4v) is 4.57. The lowest BCUT2D eigenvalue weighted by molar-refractivity contribution is -0.119. The summed E-state index contributed by atoms with van der Waals surface area (Å²) in [5, 5.41) is 12.7. The lowest BCUT2D eigenvalue weighted by Crippen LogP contribution is -2.30. The lowest BCUT2D eigenvalue weighted by Gasteiger charge is -2.18. The van der Waals surface area contributed by atoms with Crippen LogP contribution in [-0.2, 0) is 4.79 Å². The van der Waals surface area contributed by atoms with Crippen molar-refractivity contribution in [2.24, 2.45) is 0 Å². The minimum absolute atomic E-state index is 0.00865. The highest BCUT2D eigenvalue weighted by molar-refractivity contribution is 7.99. The number of hydrogen-bond acceptors (Lipinski definition) is 6. The Labute approximate surface area is 210 Å². The van der Waals surface area contributed by atoms with Gasteiger partial charge in [0.15, 0.2) is 11.0 Å². The molecule has 0 saturated heterocycles. The minimum atomic E-state index is -0.0380. The number of nitrogens with zero attached hydrogens (tertiary/aromatic N) is 4. The van der Waals surface area contributed by atoms with Gasteiger partial charge < -0.3 is 10.1 Å². The van der Waals surface area contributed by atoms with Gasteiger partial charge >= 0.3 is 0 Å². The summed E-state index contributed by atoms with van der Waals surface area (Å²) in [5.41, 5.74) is 2.90. The van der Waals surface area contributed by atoms with E-state index in [0.717, 1.165) is 35.4 Å². The van der Waals surface area contributed by atoms with Gasteiger partial charge in [-0.3, -0.25) is 14.3 Å². The summed E-state index contributed by atoms with van der Waals surface area (Å²) < 4.78 is 7.55. The van der Waals surface area contributed by atoms with Gasteiger partial charge in [-0.15, -0.1) is 10.2 Å². The zero-order chi connectivity index (χ0) is 24.5. The van der Waals surface area contributed by atoms with Crippen LogP contribution in [0.5, 0.6) is 5.75 Å². The second kappa shape index (κ2) is 12.2. The van der Waals surface area contributed by atoms with Crippen LogP contribution in [0.2, 0.25) is 0 Å². The highest BCUT2D eigenvalue weighted by Crippen LogP contribution is 2.29. The molecule has 1 amide bonds. The standard InChI is InChI=1S/C27H29N5O2S/c1-3-8-24(20-9-6-5-7-10-20)29-25(33)19-35-27-31-30-26(21-15-17-28-18-16-21)32(27)22-11-13-23(14-12-22)34-4-2/h5-7,9-18,24H,3-4,8,19H2,1-2H3,(H,29,33). The molecule has 7 nitrogen and oxygen atoms in total. The Bertz CT molecular complexity index is 1210. The van der Waals surface area contributed by atoms with Gasteiger partial charge in [0, 0.05) is 23.6 Å². The molecule has 4 aromatic rings. The summed E-state index contributed by atoms with van der Waals surface area (Å²) in [6, 6.07) is 21.6. The van der Waals surface area contributed by atoms with Gasteiger partial charge in [0.2, 0.25) is 5.91 Å². The number of pyridine rings is 1. The normalized spacial score (nSPS) is 11.7. The van der Waals surface area contributed by atoms with Crippen molar-refractivity contribution < 1.29 is 9.53 Å². The van der Waals surface area contributed by atoms with Gasteiger partial charge in [-0.25, -0.2) is 0 Å². The highest BCUT2D eigenvalue weighted by atomic mass is 32.2. The van der Waals surface area contributed by atoms with Crippen LogP contribution in [-0.4, -0.2) is 38.0 Å². The van der Waals surface area contributed by atoms with E-state index in [1.165, 1.54) is 11.8 Å². The van der Waals surface area contributed by atoms with Crippen molar-refractivity contribution in [2.45, 2.75) is 37.9 Å². The predicted molar refractivity (Wildman–Crippen MR) is 139 cm³/mol. The number of carbonyl (C=O) groups excluding carboxylic acids is 1. The quantitative estimate of drug-likeness (QED) is 0.282. The highest BCUT2D eigenvalue weighted by Gasteiger charge is 2.19. The third-order valence-electron chi connectivity index (χ3n) is 5.42. The maximum Gasteiger partial charge on any atom is 0.230 e. The van der Waals surface area contributed by atoms with E-state index in [0.29, 0.717) is 17.6 Å². The van der Waals surface area contributed by atoms with Crippen molar-refractivity contribution in [3.63, 3.8) is 0 Å². The molecule has 180 valence electrons. The van der Waals surface area contributed by atoms with E-state index in [9.17, 15) is 4.79 Å². The molecule has 0 radical (unpaired) electrons. The number of ether oxygens (including phenoxy) is 1. The van der Waals surface area contributed by atoms with Crippen molar-refractivity contribution in [1.29, 1.82) is 0 Å². The Hall–Kier alpha value is -3.65. The molecule has 1 unspecified atom stereocenters. The SMILES string of the molecule is CCCC(NC(=O)CSc1nnc(-c2ccncc2)n1-c1ccc(OCC)cc1)c1ccccc1. The second-order valence-corrected chi connectivity index (χ2v) is 8.86. The number of rotatable bonds is 11. The molecule has 2 aromatic carbocycles. The molecule has 4 rings (SSSR count). The van der Waals surface area contributed by atoms with Crippen LogP contribution in [0.1, 0.15) is 38.3 Å². The van der Waals surface area contributed by atoms with E-state index in [1.807, 2.05) is 66.1 Å². The number of aromatic nitrogens is 4. The largest absolute Gasteiger partial charge is 0.494 e. The molecule has 35 heavy (non-hydrogen) atoms. The minimum Gasteiger partial charge on any atom is -0.494 e. The van der Waals surface area contributed by atoms with Crippen molar-refractivity contribution in [3.05, 3.63) is 84.7 Å². The van der Waals surface area contributed by atoms with E-state index in [4.69, 9.17) is 4.74 Å². The second-order valence-electron chi connectivity index (χ2n) is 7.91. The summed E-state index contributed by atoms with van der Waals surface area (Å²) >= 11 is 1.37. The first-order valence-electron chi connectivity index (χ1n) is 11.8. The first-order valence-corrected chi connectivity index (χ1v) is 12.7. The molecular weight excluding hydrogens is 458 g/mol. The Kier molecular flexibility index (Phi) is 8.51. The van der Waals surface area contributed by atoms with Crippen LogP contribution in [0.3, 0.4) is 0 Å². The van der Waals surface area contributed by atoms with Gasteiger partial charge in [-0.05, 0) is 55.3 Å². The Morgan fingerprint density at radius 2 is 1.74 bits per heavy atom. The van der Waals surface area contributed by atoms with Crippen LogP contribution in [0, 0.1) is 0 Å². The number of benzene rings is 2. The summed E-state index contributed by atoms with van der Waals surface area (Å²) in [4.78, 5) is 17.0. The number of amides is 1. The Morgan fingerprint density at radius 1 is 1.00 bits per heavy atom. The van der Waals surface area contributed by atoms with E-state index in [2.05, 4.69) is 39.6 Å². The van der Waals surface area contributed by atoms with E-state index < -0.39 is 0 Å². The van der Waals surface area contributed by atoms with Gasteiger partial charge in [0.25, 0.3) is 0 Å². The molecule has 0 aliphatic rings. The zero-order valence-corrected chi connectivity index (χ0v) is 20.7. The molecule has 0 aliphatic heterocycles. The molecule has 8 heteroatoms. The molecule has 0 bridgehead atoms. The average Bonchev–Trinajstić information content (AvgIpc) is 3.33. The number of hydrogen-bond donors (Lipinski definition) is 1. The molecular formula is C27H29N5O2S. The molecule has 1 N–H and O–H groups in total. The maximum atomic E-state index is 12.9. The molecule has 2 aromatic heterocycles. The summed E-state index contributed by atoms with van der Waals surface area (Å²) in [5.74, 6) is 1.68. The number of carbonyl (C=O) groups is 1. The van der Waals surface area contributed by atoms with Crippen LogP contribution in [0.15, 0.2) is 84.3 Å².